The van der Waals surface area contributed by atoms with Crippen LogP contribution in [-0.4, -0.2) is 30.2 Å². The van der Waals surface area contributed by atoms with Crippen LogP contribution >= 0.6 is 11.3 Å². The van der Waals surface area contributed by atoms with Gasteiger partial charge in [0.2, 0.25) is 0 Å². The molecule has 7 heteroatoms. The van der Waals surface area contributed by atoms with Crippen molar-refractivity contribution in [1.82, 2.24) is 10.8 Å². The van der Waals surface area contributed by atoms with E-state index in [0.29, 0.717) is 24.5 Å². The SMILES string of the molecule is CC(CCOc1ccc(C(=O)NO)cc1)CNC(=O)c1cc2ccccc2s1. The Morgan fingerprint density at radius 1 is 1.11 bits per heavy atom. The average molecular weight is 398 g/mol. The van der Waals surface area contributed by atoms with Crippen molar-refractivity contribution in [2.75, 3.05) is 13.2 Å². The van der Waals surface area contributed by atoms with Gasteiger partial charge in [-0.2, -0.15) is 0 Å². The summed E-state index contributed by atoms with van der Waals surface area (Å²) in [5.41, 5.74) is 1.94. The molecule has 0 bridgehead atoms. The lowest BCUT2D eigenvalue weighted by Crippen LogP contribution is -2.28. The minimum Gasteiger partial charge on any atom is -0.494 e. The predicted molar refractivity (Wildman–Crippen MR) is 109 cm³/mol. The van der Waals surface area contributed by atoms with E-state index in [-0.39, 0.29) is 11.8 Å². The number of rotatable bonds is 8. The van der Waals surface area contributed by atoms with E-state index in [9.17, 15) is 9.59 Å². The van der Waals surface area contributed by atoms with Gasteiger partial charge in [-0.1, -0.05) is 25.1 Å². The smallest absolute Gasteiger partial charge is 0.274 e. The first-order chi connectivity index (χ1) is 13.6. The van der Waals surface area contributed by atoms with Crippen molar-refractivity contribution < 1.29 is 19.5 Å². The maximum atomic E-state index is 12.3. The highest BCUT2D eigenvalue weighted by atomic mass is 32.1. The van der Waals surface area contributed by atoms with Crippen LogP contribution in [0.2, 0.25) is 0 Å². The number of nitrogens with one attached hydrogen (secondary N) is 2. The summed E-state index contributed by atoms with van der Waals surface area (Å²) < 4.78 is 6.78. The third kappa shape index (κ3) is 5.09. The molecule has 0 saturated carbocycles. The van der Waals surface area contributed by atoms with E-state index >= 15 is 0 Å². The fourth-order valence-electron chi connectivity index (χ4n) is 2.69. The molecular formula is C21H22N2O4S. The minimum absolute atomic E-state index is 0.0493. The van der Waals surface area contributed by atoms with Crippen LogP contribution in [0.1, 0.15) is 33.4 Å². The number of hydrogen-bond donors (Lipinski definition) is 3. The van der Waals surface area contributed by atoms with Gasteiger partial charge in [0.25, 0.3) is 11.8 Å². The third-order valence-corrected chi connectivity index (χ3v) is 5.47. The van der Waals surface area contributed by atoms with E-state index in [2.05, 4.69) is 12.2 Å². The number of thiophene rings is 1. The van der Waals surface area contributed by atoms with Crippen molar-refractivity contribution >= 4 is 33.2 Å². The highest BCUT2D eigenvalue weighted by Gasteiger charge is 2.11. The molecule has 2 amide bonds. The summed E-state index contributed by atoms with van der Waals surface area (Å²) in [6.45, 7) is 3.14. The largest absolute Gasteiger partial charge is 0.494 e. The van der Waals surface area contributed by atoms with Crippen LogP contribution in [0.15, 0.2) is 54.6 Å². The molecule has 1 atom stereocenters. The number of hydroxylamine groups is 1. The number of fused-ring (bicyclic) bond motifs is 1. The molecule has 3 aromatic rings. The van der Waals surface area contributed by atoms with Gasteiger partial charge in [0.15, 0.2) is 0 Å². The fraction of sp³-hybridized carbons (Fsp3) is 0.238. The zero-order valence-corrected chi connectivity index (χ0v) is 16.3. The lowest BCUT2D eigenvalue weighted by molar-refractivity contribution is 0.0706. The molecule has 0 aliphatic heterocycles. The van der Waals surface area contributed by atoms with Gasteiger partial charge in [-0.3, -0.25) is 14.8 Å². The summed E-state index contributed by atoms with van der Waals surface area (Å²) in [5.74, 6) is 0.301. The van der Waals surface area contributed by atoms with Gasteiger partial charge in [0.05, 0.1) is 11.5 Å². The Balaban J connectivity index is 1.41. The molecule has 2 aromatic carbocycles. The molecule has 3 N–H and O–H groups in total. The first-order valence-electron chi connectivity index (χ1n) is 9.01. The van der Waals surface area contributed by atoms with Gasteiger partial charge in [-0.25, -0.2) is 5.48 Å². The number of ether oxygens (including phenoxy) is 1. The summed E-state index contributed by atoms with van der Waals surface area (Å²) in [6.07, 6.45) is 0.783. The number of carbonyl (C=O) groups is 2. The molecular weight excluding hydrogens is 376 g/mol. The molecule has 1 aromatic heterocycles. The summed E-state index contributed by atoms with van der Waals surface area (Å²) in [6, 6.07) is 16.4. The molecule has 0 spiro atoms. The molecule has 6 nitrogen and oxygen atoms in total. The number of amides is 2. The van der Waals surface area contributed by atoms with E-state index < -0.39 is 5.91 Å². The normalized spacial score (nSPS) is 11.8. The zero-order chi connectivity index (χ0) is 19.9. The molecule has 0 fully saturated rings. The number of hydrogen-bond acceptors (Lipinski definition) is 5. The van der Waals surface area contributed by atoms with Crippen LogP contribution in [0.3, 0.4) is 0 Å². The molecule has 1 unspecified atom stereocenters. The second-order valence-corrected chi connectivity index (χ2v) is 7.65. The van der Waals surface area contributed by atoms with Gasteiger partial charge in [0, 0.05) is 16.8 Å². The van der Waals surface area contributed by atoms with Gasteiger partial charge in [0.1, 0.15) is 5.75 Å². The van der Waals surface area contributed by atoms with Crippen LogP contribution in [-0.2, 0) is 0 Å². The Hall–Kier alpha value is -2.90. The van der Waals surface area contributed by atoms with E-state index in [1.54, 1.807) is 29.7 Å². The average Bonchev–Trinajstić information content (AvgIpc) is 3.16. The summed E-state index contributed by atoms with van der Waals surface area (Å²) >= 11 is 1.50. The van der Waals surface area contributed by atoms with Gasteiger partial charge >= 0.3 is 0 Å². The Morgan fingerprint density at radius 2 is 1.86 bits per heavy atom. The summed E-state index contributed by atoms with van der Waals surface area (Å²) in [4.78, 5) is 24.3. The van der Waals surface area contributed by atoms with Crippen molar-refractivity contribution in [3.63, 3.8) is 0 Å². The van der Waals surface area contributed by atoms with Crippen molar-refractivity contribution in [2.24, 2.45) is 5.92 Å². The molecule has 0 radical (unpaired) electrons. The fourth-order valence-corrected chi connectivity index (χ4v) is 3.67. The Labute approximate surface area is 167 Å². The maximum Gasteiger partial charge on any atom is 0.274 e. The van der Waals surface area contributed by atoms with E-state index in [0.717, 1.165) is 21.4 Å². The monoisotopic (exact) mass is 398 g/mol. The molecule has 0 aliphatic rings. The molecule has 1 heterocycles. The van der Waals surface area contributed by atoms with Crippen LogP contribution in [0.25, 0.3) is 10.1 Å². The van der Waals surface area contributed by atoms with Crippen molar-refractivity contribution in [2.45, 2.75) is 13.3 Å². The van der Waals surface area contributed by atoms with Crippen molar-refractivity contribution in [3.8, 4) is 5.75 Å². The predicted octanol–water partition coefficient (Wildman–Crippen LogP) is 3.86. The zero-order valence-electron chi connectivity index (χ0n) is 15.5. The van der Waals surface area contributed by atoms with E-state index in [4.69, 9.17) is 9.94 Å². The first kappa shape index (κ1) is 19.9. The molecule has 28 heavy (non-hydrogen) atoms. The topological polar surface area (TPSA) is 87.7 Å². The maximum absolute atomic E-state index is 12.3. The van der Waals surface area contributed by atoms with Crippen LogP contribution in [0, 0.1) is 5.92 Å². The first-order valence-corrected chi connectivity index (χ1v) is 9.82. The third-order valence-electron chi connectivity index (χ3n) is 4.36. The van der Waals surface area contributed by atoms with Crippen molar-refractivity contribution in [1.29, 1.82) is 0 Å². The van der Waals surface area contributed by atoms with E-state index in [1.165, 1.54) is 11.3 Å². The van der Waals surface area contributed by atoms with Gasteiger partial charge in [-0.05, 0) is 54.1 Å². The molecule has 3 rings (SSSR count). The van der Waals surface area contributed by atoms with Crippen molar-refractivity contribution in [3.05, 3.63) is 65.0 Å². The Kier molecular flexibility index (Phi) is 6.62. The second-order valence-electron chi connectivity index (χ2n) is 6.57. The van der Waals surface area contributed by atoms with Gasteiger partial charge in [-0.15, -0.1) is 11.3 Å². The highest BCUT2D eigenvalue weighted by molar-refractivity contribution is 7.20. The molecule has 0 saturated heterocycles. The summed E-state index contributed by atoms with van der Waals surface area (Å²) in [5, 5.41) is 12.7. The number of carbonyl (C=O) groups excluding carboxylic acids is 2. The van der Waals surface area contributed by atoms with Crippen LogP contribution in [0.5, 0.6) is 5.75 Å². The molecule has 146 valence electrons. The lowest BCUT2D eigenvalue weighted by atomic mass is 10.1. The minimum atomic E-state index is -0.561. The molecule has 0 aliphatic carbocycles. The standard InChI is InChI=1S/C21H22N2O4S/c1-14(10-11-27-17-8-6-15(7-9-17)20(24)23-26)13-22-21(25)19-12-16-4-2-3-5-18(16)28-19/h2-9,12,14,26H,10-11,13H2,1H3,(H,22,25)(H,23,24). The second kappa shape index (κ2) is 9.34. The Bertz CT molecular complexity index is 919. The highest BCUT2D eigenvalue weighted by Crippen LogP contribution is 2.25. The van der Waals surface area contributed by atoms with Crippen LogP contribution < -0.4 is 15.5 Å². The van der Waals surface area contributed by atoms with Gasteiger partial charge < -0.3 is 10.1 Å². The number of benzene rings is 2. The van der Waals surface area contributed by atoms with E-state index in [1.807, 2.05) is 30.3 Å². The lowest BCUT2D eigenvalue weighted by Gasteiger charge is -2.13. The van der Waals surface area contributed by atoms with Crippen LogP contribution in [0.4, 0.5) is 0 Å². The Morgan fingerprint density at radius 3 is 2.57 bits per heavy atom. The quantitative estimate of drug-likeness (QED) is 0.397. The summed E-state index contributed by atoms with van der Waals surface area (Å²) in [7, 11) is 0.